The van der Waals surface area contributed by atoms with E-state index in [1.54, 1.807) is 27.9 Å². The minimum absolute atomic E-state index is 0.324. The fourth-order valence-corrected chi connectivity index (χ4v) is 3.38. The van der Waals surface area contributed by atoms with Gasteiger partial charge in [-0.15, -0.1) is 0 Å². The minimum atomic E-state index is -1.06. The molecule has 0 saturated heterocycles. The Kier molecular flexibility index (Phi) is 5.36. The van der Waals surface area contributed by atoms with E-state index in [9.17, 15) is 4.79 Å². The van der Waals surface area contributed by atoms with Crippen LogP contribution >= 0.6 is 0 Å². The fraction of sp³-hybridized carbons (Fsp3) is 0.348. The Morgan fingerprint density at radius 2 is 1.71 bits per heavy atom. The molecule has 2 aromatic carbocycles. The monoisotopic (exact) mass is 381 g/mol. The molecule has 0 unspecified atom stereocenters. The molecule has 148 valence electrons. The predicted molar refractivity (Wildman–Crippen MR) is 111 cm³/mol. The molecular formula is C23H27NO4. The molecule has 3 aromatic rings. The van der Waals surface area contributed by atoms with Gasteiger partial charge in [0.2, 0.25) is 0 Å². The summed E-state index contributed by atoms with van der Waals surface area (Å²) in [6.07, 6.45) is 0. The van der Waals surface area contributed by atoms with Crippen LogP contribution < -0.4 is 9.47 Å². The molecule has 0 radical (unpaired) electrons. The van der Waals surface area contributed by atoms with E-state index in [4.69, 9.17) is 14.2 Å². The molecule has 5 heteroatoms. The molecule has 0 saturated carbocycles. The van der Waals surface area contributed by atoms with Gasteiger partial charge < -0.3 is 18.8 Å². The lowest BCUT2D eigenvalue weighted by atomic mass is 10.0. The van der Waals surface area contributed by atoms with Crippen molar-refractivity contribution in [1.29, 1.82) is 0 Å². The average molecular weight is 381 g/mol. The molecule has 28 heavy (non-hydrogen) atoms. The van der Waals surface area contributed by atoms with Crippen molar-refractivity contribution < 1.29 is 19.0 Å². The number of hydrogen-bond acceptors (Lipinski definition) is 4. The van der Waals surface area contributed by atoms with Crippen LogP contribution in [0.4, 0.5) is 0 Å². The van der Waals surface area contributed by atoms with Crippen LogP contribution in [0.15, 0.2) is 42.5 Å². The van der Waals surface area contributed by atoms with E-state index in [1.165, 1.54) is 0 Å². The van der Waals surface area contributed by atoms with Gasteiger partial charge in [0, 0.05) is 29.2 Å². The highest BCUT2D eigenvalue weighted by Crippen LogP contribution is 2.37. The second-order valence-corrected chi connectivity index (χ2v) is 7.26. The molecule has 0 amide bonds. The van der Waals surface area contributed by atoms with E-state index >= 15 is 0 Å². The number of fused-ring (bicyclic) bond motifs is 1. The maximum absolute atomic E-state index is 12.2. The van der Waals surface area contributed by atoms with Crippen LogP contribution in [0.5, 0.6) is 11.5 Å². The van der Waals surface area contributed by atoms with Crippen molar-refractivity contribution in [3.63, 3.8) is 0 Å². The number of ether oxygens (including phenoxy) is 3. The Hall–Kier alpha value is -2.95. The van der Waals surface area contributed by atoms with Crippen molar-refractivity contribution >= 4 is 16.9 Å². The van der Waals surface area contributed by atoms with Gasteiger partial charge in [0.05, 0.1) is 13.7 Å². The number of nitrogens with zero attached hydrogens (tertiary/aromatic N) is 1. The van der Waals surface area contributed by atoms with E-state index in [-0.39, 0.29) is 5.97 Å². The first-order valence-corrected chi connectivity index (χ1v) is 9.38. The Morgan fingerprint density at radius 1 is 1.07 bits per heavy atom. The van der Waals surface area contributed by atoms with Crippen molar-refractivity contribution in [2.45, 2.75) is 33.3 Å². The Morgan fingerprint density at radius 3 is 2.32 bits per heavy atom. The van der Waals surface area contributed by atoms with Crippen LogP contribution in [-0.2, 0) is 16.6 Å². The molecule has 1 heterocycles. The highest BCUT2D eigenvalue weighted by Gasteiger charge is 2.31. The van der Waals surface area contributed by atoms with E-state index in [0.717, 1.165) is 33.5 Å². The smallest absolute Gasteiger partial charge is 0.349 e. The first-order valence-electron chi connectivity index (χ1n) is 9.38. The summed E-state index contributed by atoms with van der Waals surface area (Å²) in [7, 11) is 3.71. The molecule has 0 spiro atoms. The molecule has 0 fully saturated rings. The second-order valence-electron chi connectivity index (χ2n) is 7.26. The van der Waals surface area contributed by atoms with Gasteiger partial charge in [0.25, 0.3) is 0 Å². The third-order valence-electron chi connectivity index (χ3n) is 4.98. The number of rotatable bonds is 6. The molecule has 1 aromatic heterocycles. The van der Waals surface area contributed by atoms with Crippen LogP contribution in [0.25, 0.3) is 22.0 Å². The summed E-state index contributed by atoms with van der Waals surface area (Å²) in [5.41, 5.74) is 3.44. The predicted octanol–water partition coefficient (Wildman–Crippen LogP) is 4.88. The lowest BCUT2D eigenvalue weighted by Crippen LogP contribution is -2.39. The highest BCUT2D eigenvalue weighted by atomic mass is 16.6. The van der Waals surface area contributed by atoms with Crippen LogP contribution in [0.1, 0.15) is 26.5 Å². The number of hydrogen-bond donors (Lipinski definition) is 0. The van der Waals surface area contributed by atoms with Crippen molar-refractivity contribution in [3.8, 4) is 22.6 Å². The van der Waals surface area contributed by atoms with E-state index in [1.807, 2.05) is 37.4 Å². The van der Waals surface area contributed by atoms with Crippen molar-refractivity contribution in [2.75, 3.05) is 13.7 Å². The summed E-state index contributed by atoms with van der Waals surface area (Å²) < 4.78 is 18.6. The van der Waals surface area contributed by atoms with E-state index in [0.29, 0.717) is 12.4 Å². The number of aryl methyl sites for hydroxylation is 1. The first kappa shape index (κ1) is 19.8. The van der Waals surface area contributed by atoms with Gasteiger partial charge in [-0.2, -0.15) is 0 Å². The summed E-state index contributed by atoms with van der Waals surface area (Å²) in [5.74, 6) is 1.07. The van der Waals surface area contributed by atoms with Gasteiger partial charge >= 0.3 is 5.97 Å². The van der Waals surface area contributed by atoms with Gasteiger partial charge in [-0.25, -0.2) is 4.79 Å². The zero-order valence-corrected chi connectivity index (χ0v) is 17.3. The quantitative estimate of drug-likeness (QED) is 0.571. The van der Waals surface area contributed by atoms with Crippen LogP contribution in [-0.4, -0.2) is 29.9 Å². The van der Waals surface area contributed by atoms with E-state index < -0.39 is 5.60 Å². The summed E-state index contributed by atoms with van der Waals surface area (Å²) >= 11 is 0. The number of carbonyl (C=O) groups excluding carboxylic acids is 1. The third-order valence-corrected chi connectivity index (χ3v) is 4.98. The zero-order valence-electron chi connectivity index (χ0n) is 17.3. The van der Waals surface area contributed by atoms with Gasteiger partial charge in [-0.05, 0) is 63.6 Å². The van der Waals surface area contributed by atoms with Gasteiger partial charge in [0.15, 0.2) is 5.60 Å². The lowest BCUT2D eigenvalue weighted by Gasteiger charge is -2.24. The topological polar surface area (TPSA) is 49.7 Å². The van der Waals surface area contributed by atoms with Crippen molar-refractivity contribution in [1.82, 2.24) is 4.57 Å². The molecule has 0 bridgehead atoms. The molecule has 5 nitrogen and oxygen atoms in total. The molecule has 3 rings (SSSR count). The highest BCUT2D eigenvalue weighted by molar-refractivity contribution is 5.99. The van der Waals surface area contributed by atoms with Crippen molar-refractivity contribution in [2.24, 2.45) is 7.05 Å². The number of esters is 1. The number of aromatic nitrogens is 1. The lowest BCUT2D eigenvalue weighted by molar-refractivity contribution is -0.158. The second kappa shape index (κ2) is 7.58. The molecule has 0 atom stereocenters. The van der Waals surface area contributed by atoms with Crippen molar-refractivity contribution in [3.05, 3.63) is 48.2 Å². The standard InChI is InChI=1S/C23H27NO4/c1-7-27-22(25)23(3,4)28-18-12-13-20-19(14-18)21(15(2)24(20)5)16-8-10-17(26-6)11-9-16/h8-14H,7H2,1-6H3. The number of benzene rings is 2. The third kappa shape index (κ3) is 3.57. The van der Waals surface area contributed by atoms with E-state index in [2.05, 4.69) is 23.6 Å². The van der Waals surface area contributed by atoms with Gasteiger partial charge in [-0.1, -0.05) is 12.1 Å². The molecular weight excluding hydrogens is 354 g/mol. The van der Waals surface area contributed by atoms with Gasteiger partial charge in [0.1, 0.15) is 11.5 Å². The first-order chi connectivity index (χ1) is 13.3. The summed E-state index contributed by atoms with van der Waals surface area (Å²) in [6.45, 7) is 7.65. The fourth-order valence-electron chi connectivity index (χ4n) is 3.38. The average Bonchev–Trinajstić information content (AvgIpc) is 2.92. The maximum Gasteiger partial charge on any atom is 0.349 e. The molecule has 0 aliphatic heterocycles. The largest absolute Gasteiger partial charge is 0.497 e. The van der Waals surface area contributed by atoms with Crippen LogP contribution in [0.2, 0.25) is 0 Å². The minimum Gasteiger partial charge on any atom is -0.497 e. The Balaban J connectivity index is 2.06. The zero-order chi connectivity index (χ0) is 20.5. The normalized spacial score (nSPS) is 11.5. The SMILES string of the molecule is CCOC(=O)C(C)(C)Oc1ccc2c(c1)c(-c1ccc(OC)cc1)c(C)n2C. The van der Waals surface area contributed by atoms with Crippen LogP contribution in [0.3, 0.4) is 0 Å². The number of methoxy groups -OCH3 is 1. The Labute approximate surface area is 165 Å². The van der Waals surface area contributed by atoms with Crippen LogP contribution in [0, 0.1) is 6.92 Å². The molecule has 0 aliphatic carbocycles. The van der Waals surface area contributed by atoms with Gasteiger partial charge in [-0.3, -0.25) is 0 Å². The Bertz CT molecular complexity index is 1000. The summed E-state index contributed by atoms with van der Waals surface area (Å²) in [4.78, 5) is 12.2. The summed E-state index contributed by atoms with van der Waals surface area (Å²) in [6, 6.07) is 13.9. The summed E-state index contributed by atoms with van der Waals surface area (Å²) in [5, 5.41) is 1.07. The molecule has 0 N–H and O–H groups in total. The molecule has 0 aliphatic rings. The number of carbonyl (C=O) groups is 1. The maximum atomic E-state index is 12.2.